The lowest BCUT2D eigenvalue weighted by molar-refractivity contribution is 0.103. The maximum absolute atomic E-state index is 13.8. The van der Waals surface area contributed by atoms with Crippen molar-refractivity contribution < 1.29 is 9.18 Å². The van der Waals surface area contributed by atoms with E-state index in [0.29, 0.717) is 15.7 Å². The first-order valence-electron chi connectivity index (χ1n) is 5.04. The molecule has 92 valence electrons. The minimum atomic E-state index is -0.560. The molecule has 0 atom stereocenters. The van der Waals surface area contributed by atoms with E-state index in [0.717, 1.165) is 0 Å². The minimum absolute atomic E-state index is 0.0287. The topological polar surface area (TPSA) is 43.1 Å². The molecule has 5 heteroatoms. The SMILES string of the molecule is Nc1ccc(C(=O)c2cccc(Br)c2F)cc1Br. The number of rotatable bonds is 2. The molecule has 18 heavy (non-hydrogen) atoms. The van der Waals surface area contributed by atoms with Gasteiger partial charge in [0.05, 0.1) is 10.0 Å². The molecule has 0 heterocycles. The molecule has 0 spiro atoms. The molecule has 0 aliphatic heterocycles. The van der Waals surface area contributed by atoms with Crippen LogP contribution in [0.25, 0.3) is 0 Å². The van der Waals surface area contributed by atoms with Gasteiger partial charge in [-0.25, -0.2) is 4.39 Å². The second-order valence-corrected chi connectivity index (χ2v) is 5.38. The number of ketones is 1. The van der Waals surface area contributed by atoms with E-state index in [4.69, 9.17) is 5.73 Å². The van der Waals surface area contributed by atoms with Crippen LogP contribution in [0.3, 0.4) is 0 Å². The van der Waals surface area contributed by atoms with Crippen molar-refractivity contribution in [2.45, 2.75) is 0 Å². The molecule has 0 aliphatic rings. The Morgan fingerprint density at radius 2 is 1.83 bits per heavy atom. The maximum Gasteiger partial charge on any atom is 0.196 e. The van der Waals surface area contributed by atoms with Gasteiger partial charge in [0.15, 0.2) is 5.78 Å². The summed E-state index contributed by atoms with van der Waals surface area (Å²) in [5.41, 5.74) is 6.58. The van der Waals surface area contributed by atoms with Gasteiger partial charge in [-0.3, -0.25) is 4.79 Å². The predicted molar refractivity (Wildman–Crippen MR) is 76.1 cm³/mol. The van der Waals surface area contributed by atoms with Gasteiger partial charge in [0.2, 0.25) is 0 Å². The molecular formula is C13H8Br2FNO. The zero-order valence-corrected chi connectivity index (χ0v) is 12.3. The van der Waals surface area contributed by atoms with Crippen LogP contribution < -0.4 is 5.73 Å². The number of carbonyl (C=O) groups excluding carboxylic acids is 1. The van der Waals surface area contributed by atoms with Gasteiger partial charge in [-0.05, 0) is 62.2 Å². The lowest BCUT2D eigenvalue weighted by Crippen LogP contribution is -2.05. The van der Waals surface area contributed by atoms with Crippen LogP contribution in [0.2, 0.25) is 0 Å². The Morgan fingerprint density at radius 1 is 1.11 bits per heavy atom. The van der Waals surface area contributed by atoms with Crippen molar-refractivity contribution >= 4 is 43.3 Å². The van der Waals surface area contributed by atoms with Gasteiger partial charge in [0.1, 0.15) is 5.82 Å². The first kappa shape index (κ1) is 13.2. The third-order valence-corrected chi connectivity index (χ3v) is 3.76. The third-order valence-electron chi connectivity index (χ3n) is 2.46. The molecule has 0 aromatic heterocycles. The fourth-order valence-electron chi connectivity index (χ4n) is 1.50. The standard InChI is InChI=1S/C13H8Br2FNO/c14-9-3-1-2-8(12(9)16)13(18)7-4-5-11(17)10(15)6-7/h1-6H,17H2. The maximum atomic E-state index is 13.8. The van der Waals surface area contributed by atoms with Crippen molar-refractivity contribution in [2.75, 3.05) is 5.73 Å². The van der Waals surface area contributed by atoms with Crippen molar-refractivity contribution in [1.29, 1.82) is 0 Å². The fourth-order valence-corrected chi connectivity index (χ4v) is 2.25. The number of hydrogen-bond donors (Lipinski definition) is 1. The summed E-state index contributed by atoms with van der Waals surface area (Å²) in [6.45, 7) is 0. The zero-order chi connectivity index (χ0) is 13.3. The molecule has 0 saturated carbocycles. The Kier molecular flexibility index (Phi) is 3.82. The molecule has 2 aromatic rings. The largest absolute Gasteiger partial charge is 0.398 e. The van der Waals surface area contributed by atoms with Crippen LogP contribution in [-0.2, 0) is 0 Å². The minimum Gasteiger partial charge on any atom is -0.398 e. The summed E-state index contributed by atoms with van der Waals surface area (Å²) in [5.74, 6) is -0.940. The van der Waals surface area contributed by atoms with Crippen molar-refractivity contribution in [2.24, 2.45) is 0 Å². The van der Waals surface area contributed by atoms with Gasteiger partial charge < -0.3 is 5.73 Å². The summed E-state index contributed by atoms with van der Waals surface area (Å²) >= 11 is 6.30. The number of benzene rings is 2. The van der Waals surface area contributed by atoms with E-state index in [2.05, 4.69) is 31.9 Å². The van der Waals surface area contributed by atoms with Gasteiger partial charge in [-0.2, -0.15) is 0 Å². The Hall–Kier alpha value is -1.20. The number of carbonyl (C=O) groups is 1. The van der Waals surface area contributed by atoms with Crippen LogP contribution in [0, 0.1) is 5.82 Å². The molecule has 0 unspecified atom stereocenters. The highest BCUT2D eigenvalue weighted by Crippen LogP contribution is 2.25. The molecule has 2 N–H and O–H groups in total. The van der Waals surface area contributed by atoms with Gasteiger partial charge in [0, 0.05) is 15.7 Å². The zero-order valence-electron chi connectivity index (χ0n) is 9.08. The number of nitrogen functional groups attached to an aromatic ring is 1. The summed E-state index contributed by atoms with van der Waals surface area (Å²) in [7, 11) is 0. The van der Waals surface area contributed by atoms with Crippen molar-refractivity contribution in [1.82, 2.24) is 0 Å². The van der Waals surface area contributed by atoms with Crippen LogP contribution in [0.1, 0.15) is 15.9 Å². The highest BCUT2D eigenvalue weighted by atomic mass is 79.9. The van der Waals surface area contributed by atoms with E-state index in [1.165, 1.54) is 6.07 Å². The van der Waals surface area contributed by atoms with Crippen LogP contribution in [0.15, 0.2) is 45.3 Å². The van der Waals surface area contributed by atoms with Crippen molar-refractivity contribution in [3.8, 4) is 0 Å². The molecule has 0 aliphatic carbocycles. The molecule has 0 amide bonds. The Balaban J connectivity index is 2.48. The van der Waals surface area contributed by atoms with Crippen LogP contribution in [-0.4, -0.2) is 5.78 Å². The summed E-state index contributed by atoms with van der Waals surface area (Å²) < 4.78 is 14.7. The molecule has 0 fully saturated rings. The van der Waals surface area contributed by atoms with E-state index in [-0.39, 0.29) is 15.8 Å². The Morgan fingerprint density at radius 3 is 2.50 bits per heavy atom. The molecule has 2 nitrogen and oxygen atoms in total. The molecular weight excluding hydrogens is 365 g/mol. The smallest absolute Gasteiger partial charge is 0.196 e. The van der Waals surface area contributed by atoms with Gasteiger partial charge in [-0.15, -0.1) is 0 Å². The summed E-state index contributed by atoms with van der Waals surface area (Å²) in [5, 5.41) is 0. The molecule has 0 saturated heterocycles. The summed E-state index contributed by atoms with van der Waals surface area (Å²) in [6, 6.07) is 9.37. The number of nitrogens with two attached hydrogens (primary N) is 1. The lowest BCUT2D eigenvalue weighted by Gasteiger charge is -2.05. The van der Waals surface area contributed by atoms with E-state index in [9.17, 15) is 9.18 Å². The normalized spacial score (nSPS) is 10.4. The monoisotopic (exact) mass is 371 g/mol. The Bertz CT molecular complexity index is 628. The van der Waals surface area contributed by atoms with Crippen LogP contribution in [0.5, 0.6) is 0 Å². The summed E-state index contributed by atoms with van der Waals surface area (Å²) in [6.07, 6.45) is 0. The van der Waals surface area contributed by atoms with Gasteiger partial charge in [-0.1, -0.05) is 6.07 Å². The molecule has 2 rings (SSSR count). The van der Waals surface area contributed by atoms with E-state index in [1.54, 1.807) is 30.3 Å². The second-order valence-electron chi connectivity index (χ2n) is 3.67. The van der Waals surface area contributed by atoms with Crippen LogP contribution in [0.4, 0.5) is 10.1 Å². The van der Waals surface area contributed by atoms with E-state index in [1.807, 2.05) is 0 Å². The first-order valence-corrected chi connectivity index (χ1v) is 6.63. The third kappa shape index (κ3) is 2.47. The van der Waals surface area contributed by atoms with Crippen molar-refractivity contribution in [3.63, 3.8) is 0 Å². The molecule has 2 aromatic carbocycles. The van der Waals surface area contributed by atoms with Gasteiger partial charge >= 0.3 is 0 Å². The number of halogens is 3. The van der Waals surface area contributed by atoms with Gasteiger partial charge in [0.25, 0.3) is 0 Å². The van der Waals surface area contributed by atoms with E-state index >= 15 is 0 Å². The highest BCUT2D eigenvalue weighted by Gasteiger charge is 2.16. The van der Waals surface area contributed by atoms with Crippen molar-refractivity contribution in [3.05, 3.63) is 62.3 Å². The average Bonchev–Trinajstić information content (AvgIpc) is 2.35. The fraction of sp³-hybridized carbons (Fsp3) is 0. The highest BCUT2D eigenvalue weighted by molar-refractivity contribution is 9.10. The lowest BCUT2D eigenvalue weighted by atomic mass is 10.0. The number of anilines is 1. The molecule has 0 bridgehead atoms. The predicted octanol–water partition coefficient (Wildman–Crippen LogP) is 4.16. The quantitative estimate of drug-likeness (QED) is 0.635. The Labute approximate surface area is 120 Å². The number of hydrogen-bond acceptors (Lipinski definition) is 2. The summed E-state index contributed by atoms with van der Waals surface area (Å²) in [4.78, 5) is 12.2. The van der Waals surface area contributed by atoms with Crippen LogP contribution >= 0.6 is 31.9 Å². The molecule has 0 radical (unpaired) electrons. The average molecular weight is 373 g/mol. The first-order chi connectivity index (χ1) is 8.50. The van der Waals surface area contributed by atoms with E-state index < -0.39 is 5.82 Å². The second kappa shape index (κ2) is 5.20.